The molecule has 1 aliphatic rings. The Morgan fingerprint density at radius 3 is 2.62 bits per heavy atom. The first-order chi connectivity index (χ1) is 14.0. The summed E-state index contributed by atoms with van der Waals surface area (Å²) in [7, 11) is 0. The summed E-state index contributed by atoms with van der Waals surface area (Å²) in [6.07, 6.45) is 8.89. The van der Waals surface area contributed by atoms with E-state index in [0.29, 0.717) is 18.7 Å². The molecule has 4 rings (SSSR count). The molecule has 2 aromatic heterocycles. The van der Waals surface area contributed by atoms with E-state index in [1.165, 1.54) is 24.3 Å². The van der Waals surface area contributed by atoms with Crippen LogP contribution in [0.4, 0.5) is 4.39 Å². The molecule has 0 radical (unpaired) electrons. The molecule has 6 nitrogen and oxygen atoms in total. The number of rotatable bonds is 4. The van der Waals surface area contributed by atoms with Crippen LogP contribution in [0, 0.1) is 5.82 Å². The van der Waals surface area contributed by atoms with E-state index in [9.17, 15) is 9.18 Å². The topological polar surface area (TPSA) is 63.9 Å². The van der Waals surface area contributed by atoms with Gasteiger partial charge in [-0.25, -0.2) is 14.4 Å². The van der Waals surface area contributed by atoms with Crippen LogP contribution in [0.25, 0.3) is 5.82 Å². The Labute approximate surface area is 169 Å². The van der Waals surface area contributed by atoms with Gasteiger partial charge in [0.15, 0.2) is 5.82 Å². The monoisotopic (exact) mass is 393 g/mol. The number of hydrogen-bond acceptors (Lipinski definition) is 4. The summed E-state index contributed by atoms with van der Waals surface area (Å²) >= 11 is 0. The molecule has 1 fully saturated rings. The summed E-state index contributed by atoms with van der Waals surface area (Å²) in [5.74, 6) is 1.62. The molecule has 150 valence electrons. The van der Waals surface area contributed by atoms with Crippen molar-refractivity contribution in [1.29, 1.82) is 0 Å². The Morgan fingerprint density at radius 1 is 1.10 bits per heavy atom. The predicted octanol–water partition coefficient (Wildman–Crippen LogP) is 3.94. The van der Waals surface area contributed by atoms with Crippen LogP contribution in [0.1, 0.15) is 60.4 Å². The van der Waals surface area contributed by atoms with Crippen molar-refractivity contribution >= 4 is 5.91 Å². The summed E-state index contributed by atoms with van der Waals surface area (Å²) in [5.41, 5.74) is 1.38. The van der Waals surface area contributed by atoms with E-state index in [0.717, 1.165) is 30.2 Å². The molecular weight excluding hydrogens is 369 g/mol. The second kappa shape index (κ2) is 8.11. The number of piperidine rings is 1. The molecule has 1 aliphatic heterocycles. The van der Waals surface area contributed by atoms with Crippen LogP contribution in [-0.4, -0.2) is 43.4 Å². The molecule has 3 aromatic rings. The number of carbonyl (C=O) groups is 1. The highest BCUT2D eigenvalue weighted by molar-refractivity contribution is 5.94. The second-order valence-electron chi connectivity index (χ2n) is 7.67. The summed E-state index contributed by atoms with van der Waals surface area (Å²) in [6, 6.07) is 5.72. The lowest BCUT2D eigenvalue weighted by molar-refractivity contribution is 0.0705. The number of imidazole rings is 1. The highest BCUT2D eigenvalue weighted by Gasteiger charge is 2.29. The summed E-state index contributed by atoms with van der Waals surface area (Å²) in [5, 5.41) is 0. The van der Waals surface area contributed by atoms with E-state index in [-0.39, 0.29) is 23.6 Å². The van der Waals surface area contributed by atoms with E-state index in [1.54, 1.807) is 18.6 Å². The number of likely N-dealkylation sites (tertiary alicyclic amines) is 1. The molecule has 0 aliphatic carbocycles. The Morgan fingerprint density at radius 2 is 1.86 bits per heavy atom. The van der Waals surface area contributed by atoms with Crippen LogP contribution >= 0.6 is 0 Å². The first-order valence-corrected chi connectivity index (χ1v) is 9.94. The van der Waals surface area contributed by atoms with E-state index >= 15 is 0 Å². The molecule has 1 amide bonds. The third kappa shape index (κ3) is 3.90. The van der Waals surface area contributed by atoms with Crippen molar-refractivity contribution < 1.29 is 9.18 Å². The first-order valence-electron chi connectivity index (χ1n) is 9.94. The van der Waals surface area contributed by atoms with Crippen LogP contribution in [-0.2, 0) is 0 Å². The van der Waals surface area contributed by atoms with Crippen molar-refractivity contribution in [2.24, 2.45) is 0 Å². The first kappa shape index (κ1) is 19.2. The molecule has 3 heterocycles. The zero-order chi connectivity index (χ0) is 20.4. The fourth-order valence-corrected chi connectivity index (χ4v) is 3.90. The smallest absolute Gasteiger partial charge is 0.253 e. The summed E-state index contributed by atoms with van der Waals surface area (Å²) in [6.45, 7) is 5.44. The Bertz CT molecular complexity index is 998. The quantitative estimate of drug-likeness (QED) is 0.673. The van der Waals surface area contributed by atoms with Crippen LogP contribution in [0.3, 0.4) is 0 Å². The number of halogens is 1. The molecule has 7 heteroatoms. The fraction of sp³-hybridized carbons (Fsp3) is 0.364. The molecule has 0 bridgehead atoms. The van der Waals surface area contributed by atoms with Crippen molar-refractivity contribution in [1.82, 2.24) is 24.4 Å². The lowest BCUT2D eigenvalue weighted by atomic mass is 9.93. The second-order valence-corrected chi connectivity index (χ2v) is 7.67. The number of benzene rings is 1. The minimum Gasteiger partial charge on any atom is -0.338 e. The minimum atomic E-state index is -0.344. The van der Waals surface area contributed by atoms with Gasteiger partial charge in [0, 0.05) is 55.3 Å². The standard InChI is InChI=1S/C22H24FN5O/c1-15(2)20-26-11-13-28(20)21-19(24-9-10-25-21)17-4-3-12-27(14-17)22(29)16-5-7-18(23)8-6-16/h5-11,13,15,17H,3-4,12,14H2,1-2H3. The van der Waals surface area contributed by atoms with Gasteiger partial charge in [0.1, 0.15) is 11.6 Å². The Kier molecular flexibility index (Phi) is 5.38. The highest BCUT2D eigenvalue weighted by atomic mass is 19.1. The van der Waals surface area contributed by atoms with Gasteiger partial charge in [0.2, 0.25) is 0 Å². The van der Waals surface area contributed by atoms with Crippen LogP contribution in [0.2, 0.25) is 0 Å². The maximum Gasteiger partial charge on any atom is 0.253 e. The third-order valence-electron chi connectivity index (χ3n) is 5.31. The van der Waals surface area contributed by atoms with Crippen LogP contribution in [0.5, 0.6) is 0 Å². The lowest BCUT2D eigenvalue weighted by Crippen LogP contribution is -2.39. The molecule has 1 saturated heterocycles. The van der Waals surface area contributed by atoms with E-state index in [4.69, 9.17) is 0 Å². The zero-order valence-corrected chi connectivity index (χ0v) is 16.6. The van der Waals surface area contributed by atoms with E-state index in [1.807, 2.05) is 15.7 Å². The Hall–Kier alpha value is -3.09. The van der Waals surface area contributed by atoms with Crippen LogP contribution in [0.15, 0.2) is 49.1 Å². The van der Waals surface area contributed by atoms with E-state index in [2.05, 4.69) is 28.8 Å². The largest absolute Gasteiger partial charge is 0.338 e. The normalized spacial score (nSPS) is 17.0. The van der Waals surface area contributed by atoms with Crippen molar-refractivity contribution in [2.45, 2.75) is 38.5 Å². The average molecular weight is 393 g/mol. The van der Waals surface area contributed by atoms with Gasteiger partial charge in [-0.3, -0.25) is 14.3 Å². The summed E-state index contributed by atoms with van der Waals surface area (Å²) in [4.78, 5) is 28.4. The molecule has 1 aromatic carbocycles. The molecule has 0 N–H and O–H groups in total. The van der Waals surface area contributed by atoms with Crippen molar-refractivity contribution in [3.8, 4) is 5.82 Å². The maximum atomic E-state index is 13.2. The minimum absolute atomic E-state index is 0.0781. The Balaban J connectivity index is 1.61. The fourth-order valence-electron chi connectivity index (χ4n) is 3.90. The molecule has 1 atom stereocenters. The van der Waals surface area contributed by atoms with Gasteiger partial charge in [-0.05, 0) is 37.1 Å². The van der Waals surface area contributed by atoms with Crippen molar-refractivity contribution in [2.75, 3.05) is 13.1 Å². The van der Waals surface area contributed by atoms with Gasteiger partial charge < -0.3 is 4.90 Å². The molecule has 29 heavy (non-hydrogen) atoms. The SMILES string of the molecule is CC(C)c1nccn1-c1nccnc1C1CCCN(C(=O)c2ccc(F)cc2)C1. The van der Waals surface area contributed by atoms with Crippen LogP contribution < -0.4 is 0 Å². The van der Waals surface area contributed by atoms with Gasteiger partial charge >= 0.3 is 0 Å². The summed E-state index contributed by atoms with van der Waals surface area (Å²) < 4.78 is 15.2. The molecule has 0 saturated carbocycles. The van der Waals surface area contributed by atoms with Gasteiger partial charge in [0.25, 0.3) is 5.91 Å². The highest BCUT2D eigenvalue weighted by Crippen LogP contribution is 2.30. The predicted molar refractivity (Wildman–Crippen MR) is 108 cm³/mol. The van der Waals surface area contributed by atoms with Gasteiger partial charge in [-0.1, -0.05) is 13.8 Å². The third-order valence-corrected chi connectivity index (χ3v) is 5.31. The lowest BCUT2D eigenvalue weighted by Gasteiger charge is -2.33. The average Bonchev–Trinajstić information content (AvgIpc) is 3.24. The van der Waals surface area contributed by atoms with Crippen molar-refractivity contribution in [3.63, 3.8) is 0 Å². The van der Waals surface area contributed by atoms with Gasteiger partial charge in [0.05, 0.1) is 5.69 Å². The van der Waals surface area contributed by atoms with Gasteiger partial charge in [-0.15, -0.1) is 0 Å². The molecule has 1 unspecified atom stereocenters. The van der Waals surface area contributed by atoms with Gasteiger partial charge in [-0.2, -0.15) is 0 Å². The maximum absolute atomic E-state index is 13.2. The van der Waals surface area contributed by atoms with Crippen molar-refractivity contribution in [3.05, 3.63) is 72.0 Å². The van der Waals surface area contributed by atoms with E-state index < -0.39 is 0 Å². The molecule has 0 spiro atoms. The zero-order valence-electron chi connectivity index (χ0n) is 16.6. The number of nitrogens with zero attached hydrogens (tertiary/aromatic N) is 5. The number of amides is 1. The number of aromatic nitrogens is 4. The number of carbonyl (C=O) groups excluding carboxylic acids is 1. The molecular formula is C22H24FN5O. The number of hydrogen-bond donors (Lipinski definition) is 0.